The molecule has 0 saturated heterocycles. The van der Waals surface area contributed by atoms with Gasteiger partial charge in [-0.2, -0.15) is 0 Å². The minimum absolute atomic E-state index is 0.0297. The zero-order chi connectivity index (χ0) is 16.4. The van der Waals surface area contributed by atoms with E-state index in [1.54, 1.807) is 17.8 Å². The number of benzene rings is 1. The Labute approximate surface area is 130 Å². The summed E-state index contributed by atoms with van der Waals surface area (Å²) < 4.78 is 1.77. The summed E-state index contributed by atoms with van der Waals surface area (Å²) in [5.74, 6) is -0.251. The summed E-state index contributed by atoms with van der Waals surface area (Å²) >= 11 is 0. The second kappa shape index (κ2) is 5.91. The van der Waals surface area contributed by atoms with Crippen molar-refractivity contribution in [1.29, 1.82) is 0 Å². The molecule has 3 N–H and O–H groups in total. The van der Waals surface area contributed by atoms with Crippen molar-refractivity contribution in [1.82, 2.24) is 24.8 Å². The van der Waals surface area contributed by atoms with Gasteiger partial charge in [0.05, 0.1) is 22.9 Å². The van der Waals surface area contributed by atoms with Gasteiger partial charge in [0, 0.05) is 12.7 Å². The fraction of sp³-hybridized carbons (Fsp3) is 0.200. The fourth-order valence-electron chi connectivity index (χ4n) is 2.31. The Kier molecular flexibility index (Phi) is 3.80. The van der Waals surface area contributed by atoms with E-state index in [0.29, 0.717) is 0 Å². The molecular formula is C15H15N5O3. The summed E-state index contributed by atoms with van der Waals surface area (Å²) in [6.45, 7) is 1.78. The molecule has 0 aliphatic carbocycles. The smallest absolute Gasteiger partial charge is 0.325 e. The van der Waals surface area contributed by atoms with Gasteiger partial charge in [-0.1, -0.05) is 12.1 Å². The third kappa shape index (κ3) is 2.91. The van der Waals surface area contributed by atoms with E-state index >= 15 is 0 Å². The fourth-order valence-corrected chi connectivity index (χ4v) is 2.31. The molecule has 0 aliphatic heterocycles. The minimum atomic E-state index is -0.580. The van der Waals surface area contributed by atoms with Crippen LogP contribution in [0.3, 0.4) is 0 Å². The Morgan fingerprint density at radius 3 is 2.91 bits per heavy atom. The average molecular weight is 313 g/mol. The number of nitrogens with one attached hydrogen (secondary N) is 3. The van der Waals surface area contributed by atoms with Crippen LogP contribution in [0.4, 0.5) is 0 Å². The molecule has 118 valence electrons. The van der Waals surface area contributed by atoms with Crippen LogP contribution in [0.15, 0.2) is 46.4 Å². The number of amides is 1. The first kappa shape index (κ1) is 14.8. The van der Waals surface area contributed by atoms with Gasteiger partial charge in [-0.15, -0.1) is 0 Å². The predicted octanol–water partition coefficient (Wildman–Crippen LogP) is 0.290. The minimum Gasteiger partial charge on any atom is -0.350 e. The molecule has 0 fully saturated rings. The summed E-state index contributed by atoms with van der Waals surface area (Å²) in [4.78, 5) is 43.6. The molecule has 0 unspecified atom stereocenters. The lowest BCUT2D eigenvalue weighted by atomic mass is 10.2. The number of rotatable bonds is 4. The van der Waals surface area contributed by atoms with E-state index in [1.165, 1.54) is 6.20 Å². The molecule has 8 heteroatoms. The summed E-state index contributed by atoms with van der Waals surface area (Å²) in [6.07, 6.45) is 2.90. The van der Waals surface area contributed by atoms with Crippen LogP contribution in [-0.4, -0.2) is 25.4 Å². The molecule has 0 spiro atoms. The van der Waals surface area contributed by atoms with Gasteiger partial charge in [0.15, 0.2) is 0 Å². The van der Waals surface area contributed by atoms with Gasteiger partial charge >= 0.3 is 5.69 Å². The SMILES string of the molecule is C[C@@H](C(=O)NCc1c[nH]c(=O)[nH]c1=O)n1cnc2ccccc21. The monoisotopic (exact) mass is 313 g/mol. The Morgan fingerprint density at radius 1 is 1.35 bits per heavy atom. The van der Waals surface area contributed by atoms with Gasteiger partial charge in [-0.05, 0) is 19.1 Å². The van der Waals surface area contributed by atoms with E-state index < -0.39 is 17.3 Å². The average Bonchev–Trinajstić information content (AvgIpc) is 2.97. The highest BCUT2D eigenvalue weighted by Crippen LogP contribution is 2.17. The number of fused-ring (bicyclic) bond motifs is 1. The van der Waals surface area contributed by atoms with Crippen LogP contribution >= 0.6 is 0 Å². The maximum atomic E-state index is 12.3. The molecule has 3 aromatic rings. The molecule has 23 heavy (non-hydrogen) atoms. The largest absolute Gasteiger partial charge is 0.350 e. The molecule has 1 amide bonds. The molecular weight excluding hydrogens is 298 g/mol. The first-order valence-corrected chi connectivity index (χ1v) is 7.06. The molecule has 8 nitrogen and oxygen atoms in total. The van der Waals surface area contributed by atoms with Crippen molar-refractivity contribution >= 4 is 16.9 Å². The summed E-state index contributed by atoms with van der Waals surface area (Å²) in [5, 5.41) is 2.68. The molecule has 1 atom stereocenters. The number of aromatic nitrogens is 4. The normalized spacial score (nSPS) is 12.2. The van der Waals surface area contributed by atoms with Crippen molar-refractivity contribution in [2.75, 3.05) is 0 Å². The highest BCUT2D eigenvalue weighted by molar-refractivity contribution is 5.83. The molecule has 0 aliphatic rings. The maximum Gasteiger partial charge on any atom is 0.325 e. The van der Waals surface area contributed by atoms with Crippen molar-refractivity contribution in [2.45, 2.75) is 19.5 Å². The standard InChI is InChI=1S/C15H15N5O3/c1-9(20-8-18-11-4-2-3-5-12(11)20)13(21)16-6-10-7-17-15(23)19-14(10)22/h2-5,7-9H,6H2,1H3,(H,16,21)(H2,17,19,22,23)/t9-/m0/s1. The van der Waals surface area contributed by atoms with Crippen LogP contribution in [0.1, 0.15) is 18.5 Å². The third-order valence-corrected chi connectivity index (χ3v) is 3.63. The summed E-state index contributed by atoms with van der Waals surface area (Å²) in [5.41, 5.74) is 0.847. The lowest BCUT2D eigenvalue weighted by Crippen LogP contribution is -2.33. The van der Waals surface area contributed by atoms with Crippen molar-refractivity contribution in [3.8, 4) is 0 Å². The lowest BCUT2D eigenvalue weighted by molar-refractivity contribution is -0.123. The van der Waals surface area contributed by atoms with E-state index in [2.05, 4.69) is 20.3 Å². The Morgan fingerprint density at radius 2 is 2.13 bits per heavy atom. The summed E-state index contributed by atoms with van der Waals surface area (Å²) in [7, 11) is 0. The van der Waals surface area contributed by atoms with E-state index in [0.717, 1.165) is 11.0 Å². The zero-order valence-electron chi connectivity index (χ0n) is 12.4. The number of nitrogens with zero attached hydrogens (tertiary/aromatic N) is 2. The van der Waals surface area contributed by atoms with Crippen LogP contribution in [0, 0.1) is 0 Å². The Bertz CT molecular complexity index is 969. The van der Waals surface area contributed by atoms with Gasteiger partial charge in [-0.25, -0.2) is 9.78 Å². The highest BCUT2D eigenvalue weighted by atomic mass is 16.2. The Balaban J connectivity index is 1.75. The van der Waals surface area contributed by atoms with Crippen LogP contribution in [0.25, 0.3) is 11.0 Å². The van der Waals surface area contributed by atoms with Crippen LogP contribution in [0.2, 0.25) is 0 Å². The first-order valence-electron chi connectivity index (χ1n) is 7.06. The van der Waals surface area contributed by atoms with E-state index in [1.807, 2.05) is 24.3 Å². The van der Waals surface area contributed by atoms with Gasteiger partial charge in [0.25, 0.3) is 5.56 Å². The van der Waals surface area contributed by atoms with Gasteiger partial charge in [-0.3, -0.25) is 14.6 Å². The zero-order valence-corrected chi connectivity index (χ0v) is 12.4. The van der Waals surface area contributed by atoms with E-state index in [4.69, 9.17) is 0 Å². The van der Waals surface area contributed by atoms with Crippen molar-refractivity contribution < 1.29 is 4.79 Å². The van der Waals surface area contributed by atoms with Gasteiger partial charge in [0.2, 0.25) is 5.91 Å². The van der Waals surface area contributed by atoms with Crippen molar-refractivity contribution in [2.24, 2.45) is 0 Å². The summed E-state index contributed by atoms with van der Waals surface area (Å²) in [6, 6.07) is 7.04. The molecule has 2 heterocycles. The molecule has 2 aromatic heterocycles. The maximum absolute atomic E-state index is 12.3. The van der Waals surface area contributed by atoms with Gasteiger partial charge < -0.3 is 14.9 Å². The number of H-pyrrole nitrogens is 2. The number of hydrogen-bond acceptors (Lipinski definition) is 4. The second-order valence-electron chi connectivity index (χ2n) is 5.13. The van der Waals surface area contributed by atoms with E-state index in [9.17, 15) is 14.4 Å². The number of carbonyl (C=O) groups excluding carboxylic acids is 1. The number of para-hydroxylation sites is 2. The molecule has 0 saturated carbocycles. The molecule has 1 aromatic carbocycles. The van der Waals surface area contributed by atoms with Crippen molar-refractivity contribution in [3.63, 3.8) is 0 Å². The number of carbonyl (C=O) groups is 1. The highest BCUT2D eigenvalue weighted by Gasteiger charge is 2.17. The molecule has 0 radical (unpaired) electrons. The number of imidazole rings is 1. The number of hydrogen-bond donors (Lipinski definition) is 3. The first-order chi connectivity index (χ1) is 11.1. The molecule has 3 rings (SSSR count). The number of aromatic amines is 2. The van der Waals surface area contributed by atoms with Crippen molar-refractivity contribution in [3.05, 3.63) is 63.2 Å². The van der Waals surface area contributed by atoms with Crippen LogP contribution < -0.4 is 16.6 Å². The second-order valence-corrected chi connectivity index (χ2v) is 5.13. The quantitative estimate of drug-likeness (QED) is 0.642. The predicted molar refractivity (Wildman–Crippen MR) is 84.0 cm³/mol. The lowest BCUT2D eigenvalue weighted by Gasteiger charge is -2.14. The van der Waals surface area contributed by atoms with Crippen LogP contribution in [0.5, 0.6) is 0 Å². The third-order valence-electron chi connectivity index (χ3n) is 3.63. The Hall–Kier alpha value is -3.16. The molecule has 0 bridgehead atoms. The van der Waals surface area contributed by atoms with Gasteiger partial charge in [0.1, 0.15) is 6.04 Å². The van der Waals surface area contributed by atoms with Crippen LogP contribution in [-0.2, 0) is 11.3 Å². The topological polar surface area (TPSA) is 113 Å². The van der Waals surface area contributed by atoms with E-state index in [-0.39, 0.29) is 18.0 Å².